The Morgan fingerprint density at radius 3 is 2.89 bits per heavy atom. The highest BCUT2D eigenvalue weighted by Crippen LogP contribution is 2.42. The number of hydrogen-bond donors (Lipinski definition) is 1. The standard InChI is InChI=1S/C22H26N4S/c1-15(23-13-16-6-3-2-4-7-16)19-8-5-11-26(19)22-25-21-20(27-22)12-18(14-24-21)17-9-10-17/h2-4,6-7,12,14-15,17,19,23H,5,8-11,13H2,1H3/t15-,19-/m1/s1. The fourth-order valence-electron chi connectivity index (χ4n) is 4.15. The third-order valence-electron chi connectivity index (χ3n) is 5.90. The molecule has 1 aromatic carbocycles. The Bertz CT molecular complexity index is 918. The van der Waals surface area contributed by atoms with E-state index >= 15 is 0 Å². The van der Waals surface area contributed by atoms with Gasteiger partial charge in [0.1, 0.15) is 0 Å². The Labute approximate surface area is 164 Å². The summed E-state index contributed by atoms with van der Waals surface area (Å²) in [5, 5.41) is 4.87. The van der Waals surface area contributed by atoms with E-state index in [-0.39, 0.29) is 0 Å². The molecule has 1 saturated heterocycles. The van der Waals surface area contributed by atoms with Crippen LogP contribution in [0.15, 0.2) is 42.6 Å². The van der Waals surface area contributed by atoms with Crippen molar-refractivity contribution in [2.75, 3.05) is 11.4 Å². The van der Waals surface area contributed by atoms with Crippen molar-refractivity contribution in [3.8, 4) is 0 Å². The van der Waals surface area contributed by atoms with Crippen LogP contribution in [0.5, 0.6) is 0 Å². The lowest BCUT2D eigenvalue weighted by Crippen LogP contribution is -2.45. The molecular weight excluding hydrogens is 352 g/mol. The number of rotatable bonds is 6. The fourth-order valence-corrected chi connectivity index (χ4v) is 5.20. The van der Waals surface area contributed by atoms with E-state index in [1.807, 2.05) is 17.5 Å². The minimum atomic E-state index is 0.426. The Morgan fingerprint density at radius 1 is 1.22 bits per heavy atom. The molecule has 3 heterocycles. The summed E-state index contributed by atoms with van der Waals surface area (Å²) in [7, 11) is 0. The molecule has 0 bridgehead atoms. The first-order valence-electron chi connectivity index (χ1n) is 10.1. The van der Waals surface area contributed by atoms with E-state index in [1.54, 1.807) is 0 Å². The van der Waals surface area contributed by atoms with Crippen molar-refractivity contribution < 1.29 is 0 Å². The van der Waals surface area contributed by atoms with E-state index in [9.17, 15) is 0 Å². The Kier molecular flexibility index (Phi) is 4.58. The maximum Gasteiger partial charge on any atom is 0.188 e. The van der Waals surface area contributed by atoms with Gasteiger partial charge in [0, 0.05) is 31.4 Å². The minimum Gasteiger partial charge on any atom is -0.343 e. The summed E-state index contributed by atoms with van der Waals surface area (Å²) in [5.41, 5.74) is 3.65. The van der Waals surface area contributed by atoms with Gasteiger partial charge in [-0.05, 0) is 55.7 Å². The molecule has 0 spiro atoms. The quantitative estimate of drug-likeness (QED) is 0.674. The van der Waals surface area contributed by atoms with Crippen molar-refractivity contribution in [2.24, 2.45) is 0 Å². The van der Waals surface area contributed by atoms with Gasteiger partial charge < -0.3 is 10.2 Å². The van der Waals surface area contributed by atoms with Gasteiger partial charge in [-0.15, -0.1) is 0 Å². The molecular formula is C22H26N4S. The highest BCUT2D eigenvalue weighted by Gasteiger charge is 2.31. The number of hydrogen-bond acceptors (Lipinski definition) is 5. The van der Waals surface area contributed by atoms with Crippen molar-refractivity contribution in [3.63, 3.8) is 0 Å². The number of pyridine rings is 1. The molecule has 3 aromatic rings. The molecule has 0 radical (unpaired) electrons. The lowest BCUT2D eigenvalue weighted by atomic mass is 10.1. The molecule has 0 amide bonds. The van der Waals surface area contributed by atoms with Gasteiger partial charge in [0.2, 0.25) is 0 Å². The summed E-state index contributed by atoms with van der Waals surface area (Å²) in [6.45, 7) is 4.32. The zero-order valence-electron chi connectivity index (χ0n) is 15.8. The van der Waals surface area contributed by atoms with Crippen LogP contribution < -0.4 is 10.2 Å². The third-order valence-corrected chi connectivity index (χ3v) is 6.93. The molecule has 4 nitrogen and oxygen atoms in total. The Hall–Kier alpha value is -1.98. The second kappa shape index (κ2) is 7.21. The summed E-state index contributed by atoms with van der Waals surface area (Å²) in [4.78, 5) is 12.0. The molecule has 1 saturated carbocycles. The van der Waals surface area contributed by atoms with Crippen LogP contribution in [0.1, 0.15) is 49.7 Å². The van der Waals surface area contributed by atoms with Crippen LogP contribution in [0, 0.1) is 0 Å². The van der Waals surface area contributed by atoms with E-state index in [0.717, 1.165) is 29.8 Å². The zero-order chi connectivity index (χ0) is 18.2. The van der Waals surface area contributed by atoms with Gasteiger partial charge in [-0.1, -0.05) is 41.7 Å². The molecule has 1 N–H and O–H groups in total. The predicted molar refractivity (Wildman–Crippen MR) is 113 cm³/mol. The lowest BCUT2D eigenvalue weighted by Gasteiger charge is -2.30. The Morgan fingerprint density at radius 2 is 2.07 bits per heavy atom. The van der Waals surface area contributed by atoms with Gasteiger partial charge in [-0.3, -0.25) is 0 Å². The summed E-state index contributed by atoms with van der Waals surface area (Å²) in [6, 6.07) is 13.9. The van der Waals surface area contributed by atoms with E-state index < -0.39 is 0 Å². The van der Waals surface area contributed by atoms with Crippen LogP contribution in [0.3, 0.4) is 0 Å². The van der Waals surface area contributed by atoms with Crippen LogP contribution in [-0.2, 0) is 6.54 Å². The average molecular weight is 379 g/mol. The van der Waals surface area contributed by atoms with Crippen molar-refractivity contribution in [2.45, 2.75) is 57.2 Å². The van der Waals surface area contributed by atoms with Crippen LogP contribution in [0.2, 0.25) is 0 Å². The van der Waals surface area contributed by atoms with Crippen molar-refractivity contribution in [1.29, 1.82) is 0 Å². The second-order valence-electron chi connectivity index (χ2n) is 7.92. The first-order chi connectivity index (χ1) is 13.3. The third kappa shape index (κ3) is 3.58. The summed E-state index contributed by atoms with van der Waals surface area (Å²) < 4.78 is 1.24. The number of aromatic nitrogens is 2. The normalized spacial score (nSPS) is 21.1. The monoisotopic (exact) mass is 378 g/mol. The molecule has 2 atom stereocenters. The number of nitrogens with zero attached hydrogens (tertiary/aromatic N) is 3. The molecule has 2 fully saturated rings. The number of benzene rings is 1. The van der Waals surface area contributed by atoms with Gasteiger partial charge >= 0.3 is 0 Å². The largest absolute Gasteiger partial charge is 0.343 e. The summed E-state index contributed by atoms with van der Waals surface area (Å²) >= 11 is 1.81. The van der Waals surface area contributed by atoms with Gasteiger partial charge in [-0.2, -0.15) is 4.98 Å². The fraction of sp³-hybridized carbons (Fsp3) is 0.455. The smallest absolute Gasteiger partial charge is 0.188 e. The second-order valence-corrected chi connectivity index (χ2v) is 8.93. The summed E-state index contributed by atoms with van der Waals surface area (Å²) in [5.74, 6) is 0.745. The first-order valence-corrected chi connectivity index (χ1v) is 10.9. The highest BCUT2D eigenvalue weighted by atomic mass is 32.1. The molecule has 27 heavy (non-hydrogen) atoms. The van der Waals surface area contributed by atoms with Crippen molar-refractivity contribution >= 4 is 26.8 Å². The maximum atomic E-state index is 4.87. The topological polar surface area (TPSA) is 41.0 Å². The average Bonchev–Trinajstić information content (AvgIpc) is 3.28. The van der Waals surface area contributed by atoms with Crippen LogP contribution in [0.25, 0.3) is 10.3 Å². The van der Waals surface area contributed by atoms with Gasteiger partial charge in [0.15, 0.2) is 10.8 Å². The molecule has 5 rings (SSSR count). The van der Waals surface area contributed by atoms with Crippen LogP contribution in [0.4, 0.5) is 5.13 Å². The van der Waals surface area contributed by atoms with Crippen LogP contribution in [-0.4, -0.2) is 28.6 Å². The summed E-state index contributed by atoms with van der Waals surface area (Å²) in [6.07, 6.45) is 7.13. The molecule has 5 heteroatoms. The number of fused-ring (bicyclic) bond motifs is 1. The first kappa shape index (κ1) is 17.1. The molecule has 2 aromatic heterocycles. The van der Waals surface area contributed by atoms with Gasteiger partial charge in [0.25, 0.3) is 0 Å². The number of thiazole rings is 1. The van der Waals surface area contributed by atoms with Crippen molar-refractivity contribution in [1.82, 2.24) is 15.3 Å². The molecule has 1 aliphatic carbocycles. The SMILES string of the molecule is C[C@@H](NCc1ccccc1)[C@H]1CCCN1c1nc2ncc(C3CC3)cc2s1. The van der Waals surface area contributed by atoms with Gasteiger partial charge in [-0.25, -0.2) is 4.98 Å². The highest BCUT2D eigenvalue weighted by molar-refractivity contribution is 7.22. The van der Waals surface area contributed by atoms with Gasteiger partial charge in [0.05, 0.1) is 4.70 Å². The van der Waals surface area contributed by atoms with E-state index in [4.69, 9.17) is 4.98 Å². The maximum absolute atomic E-state index is 4.87. The van der Waals surface area contributed by atoms with Crippen LogP contribution >= 0.6 is 11.3 Å². The zero-order valence-corrected chi connectivity index (χ0v) is 16.6. The minimum absolute atomic E-state index is 0.426. The Balaban J connectivity index is 1.32. The number of anilines is 1. The van der Waals surface area contributed by atoms with E-state index in [1.165, 1.54) is 41.5 Å². The molecule has 0 unspecified atom stereocenters. The molecule has 1 aliphatic heterocycles. The van der Waals surface area contributed by atoms with E-state index in [2.05, 4.69) is 58.5 Å². The molecule has 2 aliphatic rings. The number of nitrogens with one attached hydrogen (secondary N) is 1. The predicted octanol–water partition coefficient (Wildman–Crippen LogP) is 4.72. The van der Waals surface area contributed by atoms with E-state index in [0.29, 0.717) is 12.1 Å². The molecule has 140 valence electrons. The van der Waals surface area contributed by atoms with Crippen molar-refractivity contribution in [3.05, 3.63) is 53.7 Å². The lowest BCUT2D eigenvalue weighted by molar-refractivity contribution is 0.454.